The van der Waals surface area contributed by atoms with E-state index in [1.807, 2.05) is 11.9 Å². The summed E-state index contributed by atoms with van der Waals surface area (Å²) in [6, 6.07) is 9.81. The second-order valence-corrected chi connectivity index (χ2v) is 8.73. The quantitative estimate of drug-likeness (QED) is 0.341. The topological polar surface area (TPSA) is 60.0 Å². The van der Waals surface area contributed by atoms with Gasteiger partial charge in [0.25, 0.3) is 0 Å². The summed E-state index contributed by atoms with van der Waals surface area (Å²) in [5, 5.41) is 7.08. The summed E-state index contributed by atoms with van der Waals surface area (Å²) in [6.45, 7) is 4.68. The lowest BCUT2D eigenvalue weighted by molar-refractivity contribution is -0.128. The molecule has 0 spiro atoms. The number of nitrogens with zero attached hydrogens (tertiary/aromatic N) is 3. The molecule has 30 heavy (non-hydrogen) atoms. The van der Waals surface area contributed by atoms with Crippen molar-refractivity contribution in [2.45, 2.75) is 70.1 Å². The minimum atomic E-state index is 0. The van der Waals surface area contributed by atoms with E-state index in [0.29, 0.717) is 12.5 Å². The molecule has 2 heterocycles. The Morgan fingerprint density at radius 3 is 2.67 bits per heavy atom. The van der Waals surface area contributed by atoms with Crippen LogP contribution in [0.3, 0.4) is 0 Å². The molecule has 166 valence electrons. The highest BCUT2D eigenvalue weighted by Crippen LogP contribution is 2.26. The Balaban J connectivity index is 0.00000256. The van der Waals surface area contributed by atoms with Gasteiger partial charge < -0.3 is 15.5 Å². The molecule has 4 rings (SSSR count). The summed E-state index contributed by atoms with van der Waals surface area (Å²) in [6.07, 6.45) is 8.42. The standard InChI is InChI=1S/C23H35N5O.HI/c1-24-23(26-20-11-13-27(17-20)21-8-2-3-9-21)25-15-18-6-4-7-19(14-18)16-28-12-5-10-22(28)29;/h4,6-7,14,20-21H,2-3,5,8-13,15-17H2,1H3,(H2,24,25,26);1H. The van der Waals surface area contributed by atoms with Crippen molar-refractivity contribution < 1.29 is 4.79 Å². The lowest BCUT2D eigenvalue weighted by Crippen LogP contribution is -2.45. The average molecular weight is 525 g/mol. The number of rotatable bonds is 6. The van der Waals surface area contributed by atoms with Crippen molar-refractivity contribution in [3.8, 4) is 0 Å². The van der Waals surface area contributed by atoms with E-state index in [4.69, 9.17) is 0 Å². The highest BCUT2D eigenvalue weighted by molar-refractivity contribution is 14.0. The van der Waals surface area contributed by atoms with E-state index in [2.05, 4.69) is 44.8 Å². The summed E-state index contributed by atoms with van der Waals surface area (Å²) >= 11 is 0. The molecule has 0 aromatic heterocycles. The molecule has 0 radical (unpaired) electrons. The average Bonchev–Trinajstić information content (AvgIpc) is 3.48. The van der Waals surface area contributed by atoms with Crippen LogP contribution in [0.5, 0.6) is 0 Å². The van der Waals surface area contributed by atoms with Gasteiger partial charge in [0.2, 0.25) is 5.91 Å². The fourth-order valence-electron chi connectivity index (χ4n) is 5.01. The fraction of sp³-hybridized carbons (Fsp3) is 0.652. The predicted molar refractivity (Wildman–Crippen MR) is 132 cm³/mol. The number of carbonyl (C=O) groups is 1. The van der Waals surface area contributed by atoms with Crippen LogP contribution >= 0.6 is 24.0 Å². The van der Waals surface area contributed by atoms with Crippen molar-refractivity contribution in [1.82, 2.24) is 20.4 Å². The molecule has 1 aromatic carbocycles. The van der Waals surface area contributed by atoms with Gasteiger partial charge in [-0.25, -0.2) is 0 Å². The van der Waals surface area contributed by atoms with Gasteiger partial charge in [-0.05, 0) is 36.8 Å². The van der Waals surface area contributed by atoms with Crippen molar-refractivity contribution in [1.29, 1.82) is 0 Å². The molecule has 2 aliphatic heterocycles. The molecule has 1 aliphatic carbocycles. The summed E-state index contributed by atoms with van der Waals surface area (Å²) in [5.74, 6) is 1.16. The third-order valence-corrected chi connectivity index (χ3v) is 6.62. The number of amides is 1. The minimum absolute atomic E-state index is 0. The highest BCUT2D eigenvalue weighted by Gasteiger charge is 2.30. The van der Waals surface area contributed by atoms with Crippen LogP contribution in [0, 0.1) is 0 Å². The highest BCUT2D eigenvalue weighted by atomic mass is 127. The zero-order valence-electron chi connectivity index (χ0n) is 18.1. The fourth-order valence-corrected chi connectivity index (χ4v) is 5.01. The molecule has 2 saturated heterocycles. The minimum Gasteiger partial charge on any atom is -0.352 e. The van der Waals surface area contributed by atoms with Gasteiger partial charge in [0.15, 0.2) is 5.96 Å². The lowest BCUT2D eigenvalue weighted by Gasteiger charge is -2.24. The van der Waals surface area contributed by atoms with Gasteiger partial charge >= 0.3 is 0 Å². The molecular formula is C23H36IN5O. The number of hydrogen-bond acceptors (Lipinski definition) is 3. The molecule has 7 heteroatoms. The first-order chi connectivity index (χ1) is 14.2. The van der Waals surface area contributed by atoms with Crippen LogP contribution in [0.25, 0.3) is 0 Å². The van der Waals surface area contributed by atoms with E-state index in [9.17, 15) is 4.79 Å². The van der Waals surface area contributed by atoms with Crippen LogP contribution in [0.2, 0.25) is 0 Å². The van der Waals surface area contributed by atoms with Crippen LogP contribution < -0.4 is 10.6 Å². The van der Waals surface area contributed by atoms with Gasteiger partial charge in [-0.15, -0.1) is 24.0 Å². The van der Waals surface area contributed by atoms with Gasteiger partial charge in [0.05, 0.1) is 0 Å². The first-order valence-electron chi connectivity index (χ1n) is 11.3. The Bertz CT molecular complexity index is 734. The van der Waals surface area contributed by atoms with Gasteiger partial charge in [-0.1, -0.05) is 37.1 Å². The van der Waals surface area contributed by atoms with E-state index in [-0.39, 0.29) is 29.9 Å². The van der Waals surface area contributed by atoms with Crippen molar-refractivity contribution in [3.05, 3.63) is 35.4 Å². The van der Waals surface area contributed by atoms with Crippen LogP contribution in [0.15, 0.2) is 29.3 Å². The van der Waals surface area contributed by atoms with E-state index in [0.717, 1.165) is 44.6 Å². The van der Waals surface area contributed by atoms with E-state index < -0.39 is 0 Å². The second-order valence-electron chi connectivity index (χ2n) is 8.73. The zero-order valence-corrected chi connectivity index (χ0v) is 20.4. The Morgan fingerprint density at radius 1 is 1.13 bits per heavy atom. The third kappa shape index (κ3) is 6.09. The van der Waals surface area contributed by atoms with Crippen molar-refractivity contribution in [2.75, 3.05) is 26.7 Å². The maximum Gasteiger partial charge on any atom is 0.222 e. The van der Waals surface area contributed by atoms with Crippen LogP contribution in [0.1, 0.15) is 56.1 Å². The number of benzene rings is 1. The maximum atomic E-state index is 11.9. The molecule has 3 aliphatic rings. The largest absolute Gasteiger partial charge is 0.352 e. The SMILES string of the molecule is CN=C(NCc1cccc(CN2CCCC2=O)c1)NC1CCN(C2CCCC2)C1.I. The number of aliphatic imine (C=N–C) groups is 1. The lowest BCUT2D eigenvalue weighted by atomic mass is 10.1. The summed E-state index contributed by atoms with van der Waals surface area (Å²) < 4.78 is 0. The Labute approximate surface area is 197 Å². The zero-order chi connectivity index (χ0) is 20.1. The van der Waals surface area contributed by atoms with Crippen LogP contribution in [0.4, 0.5) is 0 Å². The van der Waals surface area contributed by atoms with Gasteiger partial charge in [0.1, 0.15) is 0 Å². The molecule has 2 N–H and O–H groups in total. The molecule has 1 aromatic rings. The summed E-state index contributed by atoms with van der Waals surface area (Å²) in [4.78, 5) is 20.9. The van der Waals surface area contributed by atoms with Crippen molar-refractivity contribution in [2.24, 2.45) is 4.99 Å². The van der Waals surface area contributed by atoms with E-state index in [1.165, 1.54) is 49.8 Å². The predicted octanol–water partition coefficient (Wildman–Crippen LogP) is 3.11. The Kier molecular flexibility index (Phi) is 8.80. The smallest absolute Gasteiger partial charge is 0.222 e. The van der Waals surface area contributed by atoms with Crippen molar-refractivity contribution >= 4 is 35.8 Å². The molecule has 1 amide bonds. The van der Waals surface area contributed by atoms with Gasteiger partial charge in [-0.2, -0.15) is 0 Å². The van der Waals surface area contributed by atoms with Gasteiger partial charge in [0, 0.05) is 58.3 Å². The van der Waals surface area contributed by atoms with Crippen molar-refractivity contribution in [3.63, 3.8) is 0 Å². The number of halogens is 1. The van der Waals surface area contributed by atoms with E-state index >= 15 is 0 Å². The maximum absolute atomic E-state index is 11.9. The molecule has 1 unspecified atom stereocenters. The summed E-state index contributed by atoms with van der Waals surface area (Å²) in [5.41, 5.74) is 2.42. The Morgan fingerprint density at radius 2 is 1.93 bits per heavy atom. The normalized spacial score (nSPS) is 23.1. The number of carbonyl (C=O) groups excluding carboxylic acids is 1. The van der Waals surface area contributed by atoms with Crippen LogP contribution in [-0.2, 0) is 17.9 Å². The number of guanidine groups is 1. The van der Waals surface area contributed by atoms with E-state index in [1.54, 1.807) is 0 Å². The monoisotopic (exact) mass is 525 g/mol. The molecule has 0 bridgehead atoms. The van der Waals surface area contributed by atoms with Gasteiger partial charge in [-0.3, -0.25) is 14.7 Å². The molecular weight excluding hydrogens is 489 g/mol. The summed E-state index contributed by atoms with van der Waals surface area (Å²) in [7, 11) is 1.84. The molecule has 1 atom stereocenters. The Hall–Kier alpha value is -1.35. The van der Waals surface area contributed by atoms with Crippen LogP contribution in [-0.4, -0.2) is 60.4 Å². The first kappa shape index (κ1) is 23.3. The molecule has 3 fully saturated rings. The number of nitrogens with one attached hydrogen (secondary N) is 2. The molecule has 1 saturated carbocycles. The molecule has 6 nitrogen and oxygen atoms in total. The third-order valence-electron chi connectivity index (χ3n) is 6.62. The first-order valence-corrected chi connectivity index (χ1v) is 11.3. The number of hydrogen-bond donors (Lipinski definition) is 2. The number of likely N-dealkylation sites (tertiary alicyclic amines) is 2. The second kappa shape index (κ2) is 11.3.